The van der Waals surface area contributed by atoms with Gasteiger partial charge in [0.25, 0.3) is 5.91 Å². The number of ether oxygens (including phenoxy) is 2. The highest BCUT2D eigenvalue weighted by atomic mass is 16.6. The lowest BCUT2D eigenvalue weighted by molar-refractivity contribution is -0.116. The van der Waals surface area contributed by atoms with Gasteiger partial charge < -0.3 is 9.47 Å². The fourth-order valence-electron chi connectivity index (χ4n) is 3.11. The Morgan fingerprint density at radius 1 is 1.10 bits per heavy atom. The van der Waals surface area contributed by atoms with Crippen molar-refractivity contribution in [1.29, 1.82) is 0 Å². The Morgan fingerprint density at radius 3 is 2.48 bits per heavy atom. The molecule has 1 aromatic heterocycles. The molecule has 3 aromatic rings. The van der Waals surface area contributed by atoms with Crippen LogP contribution >= 0.6 is 0 Å². The highest BCUT2D eigenvalue weighted by Gasteiger charge is 2.27. The minimum atomic E-state index is -0.781. The maximum atomic E-state index is 11.9. The first kappa shape index (κ1) is 20.4. The summed E-state index contributed by atoms with van der Waals surface area (Å²) >= 11 is 0. The van der Waals surface area contributed by atoms with E-state index in [1.807, 2.05) is 54.6 Å². The summed E-state index contributed by atoms with van der Waals surface area (Å²) in [6.45, 7) is 4.98. The van der Waals surface area contributed by atoms with Crippen LogP contribution in [0.3, 0.4) is 0 Å². The van der Waals surface area contributed by atoms with E-state index in [4.69, 9.17) is 14.6 Å². The number of hydrogen-bond donors (Lipinski definition) is 1. The average Bonchev–Trinajstić information content (AvgIpc) is 3.32. The van der Waals surface area contributed by atoms with Crippen LogP contribution in [0, 0.1) is 5.92 Å². The van der Waals surface area contributed by atoms with Crippen molar-refractivity contribution in [2.24, 2.45) is 5.92 Å². The zero-order chi connectivity index (χ0) is 21.8. The molecule has 2 heterocycles. The molecule has 2 aromatic carbocycles. The van der Waals surface area contributed by atoms with Gasteiger partial charge in [-0.1, -0.05) is 32.0 Å². The van der Waals surface area contributed by atoms with Crippen LogP contribution in [0.25, 0.3) is 23.0 Å². The number of rotatable bonds is 7. The fourth-order valence-corrected chi connectivity index (χ4v) is 3.11. The van der Waals surface area contributed by atoms with Crippen molar-refractivity contribution in [3.8, 4) is 22.7 Å². The molecule has 7 nitrogen and oxygen atoms in total. The van der Waals surface area contributed by atoms with Gasteiger partial charge in [-0.3, -0.25) is 10.1 Å². The first-order chi connectivity index (χ1) is 15.0. The number of alkyl carbamates (subject to hydrolysis) is 1. The predicted molar refractivity (Wildman–Crippen MR) is 117 cm³/mol. The number of carbonyl (C=O) groups excluding carboxylic acids is 2. The summed E-state index contributed by atoms with van der Waals surface area (Å²) in [5, 5.41) is 6.82. The highest BCUT2D eigenvalue weighted by Crippen LogP contribution is 2.28. The molecule has 158 valence electrons. The van der Waals surface area contributed by atoms with Crippen molar-refractivity contribution < 1.29 is 19.1 Å². The summed E-state index contributed by atoms with van der Waals surface area (Å²) < 4.78 is 12.5. The first-order valence-corrected chi connectivity index (χ1v) is 10.1. The monoisotopic (exact) mass is 417 g/mol. The molecule has 0 radical (unpaired) electrons. The van der Waals surface area contributed by atoms with Crippen molar-refractivity contribution in [2.45, 2.75) is 20.3 Å². The molecule has 7 heteroatoms. The molecule has 0 bridgehead atoms. The maximum Gasteiger partial charge on any atom is 0.419 e. The standard InChI is InChI=1S/C24H23N3O4/c1-16(2)12-13-30-20-10-8-17(9-11-20)22-18(14-21-23(28)25-24(29)31-21)15-27(26-22)19-6-4-3-5-7-19/h3-11,14-16H,12-13H2,1-2H3,(H,25,28,29)/b21-14-. The number of nitrogens with zero attached hydrogens (tertiary/aromatic N) is 2. The van der Waals surface area contributed by atoms with E-state index in [1.54, 1.807) is 10.9 Å². The molecule has 1 fully saturated rings. The van der Waals surface area contributed by atoms with E-state index >= 15 is 0 Å². The number of amides is 2. The Labute approximate surface area is 180 Å². The topological polar surface area (TPSA) is 82.4 Å². The van der Waals surface area contributed by atoms with Crippen LogP contribution in [-0.2, 0) is 9.53 Å². The zero-order valence-electron chi connectivity index (χ0n) is 17.4. The van der Waals surface area contributed by atoms with Crippen LogP contribution in [0.4, 0.5) is 4.79 Å². The van der Waals surface area contributed by atoms with E-state index in [0.717, 1.165) is 23.4 Å². The van der Waals surface area contributed by atoms with Crippen molar-refractivity contribution in [2.75, 3.05) is 6.61 Å². The molecule has 1 N–H and O–H groups in total. The smallest absolute Gasteiger partial charge is 0.419 e. The highest BCUT2D eigenvalue weighted by molar-refractivity contribution is 6.10. The largest absolute Gasteiger partial charge is 0.494 e. The van der Waals surface area contributed by atoms with Crippen LogP contribution in [-0.4, -0.2) is 28.4 Å². The number of carbonyl (C=O) groups is 2. The molecular formula is C24H23N3O4. The van der Waals surface area contributed by atoms with E-state index in [1.165, 1.54) is 6.08 Å². The lowest BCUT2D eigenvalue weighted by Gasteiger charge is -2.08. The molecule has 2 amide bonds. The van der Waals surface area contributed by atoms with Gasteiger partial charge in [-0.2, -0.15) is 5.10 Å². The number of aromatic nitrogens is 2. The lowest BCUT2D eigenvalue weighted by atomic mass is 10.1. The zero-order valence-corrected chi connectivity index (χ0v) is 17.4. The second-order valence-electron chi connectivity index (χ2n) is 7.62. The van der Waals surface area contributed by atoms with Gasteiger partial charge in [0, 0.05) is 17.3 Å². The molecule has 0 aliphatic carbocycles. The molecule has 4 rings (SSSR count). The summed E-state index contributed by atoms with van der Waals surface area (Å²) in [7, 11) is 0. The van der Waals surface area contributed by atoms with Gasteiger partial charge in [0.05, 0.1) is 12.3 Å². The quantitative estimate of drug-likeness (QED) is 0.570. The second kappa shape index (κ2) is 8.87. The van der Waals surface area contributed by atoms with Gasteiger partial charge in [-0.15, -0.1) is 0 Å². The predicted octanol–water partition coefficient (Wildman–Crippen LogP) is 4.57. The number of hydrogen-bond acceptors (Lipinski definition) is 5. The van der Waals surface area contributed by atoms with Crippen LogP contribution in [0.15, 0.2) is 66.6 Å². The minimum Gasteiger partial charge on any atom is -0.494 e. The number of cyclic esters (lactones) is 1. The average molecular weight is 417 g/mol. The third-order valence-corrected chi connectivity index (χ3v) is 4.78. The van der Waals surface area contributed by atoms with Crippen LogP contribution in [0.5, 0.6) is 5.75 Å². The normalized spacial score (nSPS) is 14.7. The second-order valence-corrected chi connectivity index (χ2v) is 7.62. The van der Waals surface area contributed by atoms with Crippen LogP contribution in [0.1, 0.15) is 25.8 Å². The van der Waals surface area contributed by atoms with Gasteiger partial charge in [-0.25, -0.2) is 9.48 Å². The Balaban J connectivity index is 1.67. The summed E-state index contributed by atoms with van der Waals surface area (Å²) in [4.78, 5) is 23.3. The van der Waals surface area contributed by atoms with Gasteiger partial charge in [0.15, 0.2) is 5.76 Å². The summed E-state index contributed by atoms with van der Waals surface area (Å²) in [5.41, 5.74) is 3.02. The molecule has 0 unspecified atom stereocenters. The molecule has 0 saturated carbocycles. The van der Waals surface area contributed by atoms with Crippen molar-refractivity contribution in [1.82, 2.24) is 15.1 Å². The number of para-hydroxylation sites is 1. The fraction of sp³-hybridized carbons (Fsp3) is 0.208. The van der Waals surface area contributed by atoms with E-state index < -0.39 is 12.0 Å². The number of imide groups is 1. The number of benzene rings is 2. The molecule has 0 spiro atoms. The first-order valence-electron chi connectivity index (χ1n) is 10.1. The molecule has 31 heavy (non-hydrogen) atoms. The van der Waals surface area contributed by atoms with Gasteiger partial charge in [-0.05, 0) is 54.8 Å². The number of nitrogens with one attached hydrogen (secondary N) is 1. The Bertz CT molecular complexity index is 1120. The third-order valence-electron chi connectivity index (χ3n) is 4.78. The minimum absolute atomic E-state index is 0.0625. The van der Waals surface area contributed by atoms with E-state index in [0.29, 0.717) is 23.8 Å². The summed E-state index contributed by atoms with van der Waals surface area (Å²) in [6, 6.07) is 17.3. The Kier molecular flexibility index (Phi) is 5.84. The van der Waals surface area contributed by atoms with Crippen molar-refractivity contribution in [3.63, 3.8) is 0 Å². The Morgan fingerprint density at radius 2 is 1.84 bits per heavy atom. The van der Waals surface area contributed by atoms with Gasteiger partial charge in [0.1, 0.15) is 11.4 Å². The van der Waals surface area contributed by atoms with Crippen molar-refractivity contribution >= 4 is 18.1 Å². The van der Waals surface area contributed by atoms with Crippen LogP contribution < -0.4 is 10.1 Å². The third kappa shape index (κ3) is 4.83. The van der Waals surface area contributed by atoms with Crippen LogP contribution in [0.2, 0.25) is 0 Å². The van der Waals surface area contributed by atoms with Gasteiger partial charge in [0.2, 0.25) is 0 Å². The molecule has 1 aliphatic rings. The molecular weight excluding hydrogens is 394 g/mol. The maximum absolute atomic E-state index is 11.9. The molecule has 1 aliphatic heterocycles. The van der Waals surface area contributed by atoms with Crippen molar-refractivity contribution in [3.05, 3.63) is 72.1 Å². The molecule has 1 saturated heterocycles. The van der Waals surface area contributed by atoms with E-state index in [-0.39, 0.29) is 5.76 Å². The Hall–Kier alpha value is -3.87. The summed E-state index contributed by atoms with van der Waals surface area (Å²) in [5.74, 6) is 0.736. The lowest BCUT2D eigenvalue weighted by Crippen LogP contribution is -2.18. The summed E-state index contributed by atoms with van der Waals surface area (Å²) in [6.07, 6.45) is 3.53. The SMILES string of the molecule is CC(C)CCOc1ccc(-c2nn(-c3ccccc3)cc2/C=C2\OC(=O)NC2=O)cc1. The van der Waals surface area contributed by atoms with E-state index in [2.05, 4.69) is 19.2 Å². The van der Waals surface area contributed by atoms with Gasteiger partial charge >= 0.3 is 6.09 Å². The molecule has 0 atom stereocenters. The van der Waals surface area contributed by atoms with E-state index in [9.17, 15) is 9.59 Å².